The number of anilines is 2. The van der Waals surface area contributed by atoms with Crippen LogP contribution in [0.3, 0.4) is 0 Å². The Kier molecular flexibility index (Phi) is 6.51. The molecule has 1 aliphatic carbocycles. The van der Waals surface area contributed by atoms with Crippen molar-refractivity contribution in [1.82, 2.24) is 9.97 Å². The highest BCUT2D eigenvalue weighted by Crippen LogP contribution is 2.45. The van der Waals surface area contributed by atoms with Crippen LogP contribution in [0.5, 0.6) is 17.2 Å². The standard InChI is InChI=1S/C26H25N3O2S2/c1-17-16-32-26(28-17)29-25-23(31-19-9-4-3-5-10-19)14-21(15-27-25)33-24-13-20(30-2)11-12-22(24)18-7-6-8-18/h3-5,9-16,18H,6-8H2,1-2H3,(H,27,28,29). The Morgan fingerprint density at radius 1 is 1.06 bits per heavy atom. The topological polar surface area (TPSA) is 56.3 Å². The summed E-state index contributed by atoms with van der Waals surface area (Å²) < 4.78 is 11.7. The molecule has 168 valence electrons. The first-order valence-electron chi connectivity index (χ1n) is 11.0. The largest absolute Gasteiger partial charge is 0.497 e. The number of aryl methyl sites for hydroxylation is 1. The molecular weight excluding hydrogens is 450 g/mol. The monoisotopic (exact) mass is 475 g/mol. The predicted molar refractivity (Wildman–Crippen MR) is 135 cm³/mol. The first kappa shape index (κ1) is 21.8. The highest BCUT2D eigenvalue weighted by molar-refractivity contribution is 7.99. The first-order chi connectivity index (χ1) is 16.2. The van der Waals surface area contributed by atoms with E-state index in [1.54, 1.807) is 30.2 Å². The van der Waals surface area contributed by atoms with Crippen molar-refractivity contribution in [2.24, 2.45) is 0 Å². The maximum atomic E-state index is 6.24. The fourth-order valence-corrected chi connectivity index (χ4v) is 5.44. The third-order valence-electron chi connectivity index (χ3n) is 5.64. The van der Waals surface area contributed by atoms with Crippen LogP contribution in [0.4, 0.5) is 10.9 Å². The van der Waals surface area contributed by atoms with Crippen LogP contribution in [0.2, 0.25) is 0 Å². The van der Waals surface area contributed by atoms with Gasteiger partial charge in [0.1, 0.15) is 11.5 Å². The molecule has 1 aliphatic rings. The van der Waals surface area contributed by atoms with E-state index in [-0.39, 0.29) is 0 Å². The van der Waals surface area contributed by atoms with Crippen molar-refractivity contribution in [2.75, 3.05) is 12.4 Å². The van der Waals surface area contributed by atoms with Gasteiger partial charge in [-0.3, -0.25) is 0 Å². The number of rotatable bonds is 8. The van der Waals surface area contributed by atoms with Crippen LogP contribution in [0.1, 0.15) is 36.4 Å². The van der Waals surface area contributed by atoms with E-state index in [9.17, 15) is 0 Å². The summed E-state index contributed by atoms with van der Waals surface area (Å²) in [5.74, 6) is 3.55. The van der Waals surface area contributed by atoms with Gasteiger partial charge in [0, 0.05) is 27.4 Å². The molecule has 1 saturated carbocycles. The average Bonchev–Trinajstić information content (AvgIpc) is 3.21. The maximum absolute atomic E-state index is 6.24. The molecule has 1 N–H and O–H groups in total. The SMILES string of the molecule is COc1ccc(C2CCC2)c(Sc2cnc(Nc3nc(C)cs3)c(Oc3ccccc3)c2)c1. The molecule has 0 aliphatic heterocycles. The van der Waals surface area contributed by atoms with E-state index in [2.05, 4.69) is 28.5 Å². The molecular formula is C26H25N3O2S2. The van der Waals surface area contributed by atoms with Gasteiger partial charge in [0.2, 0.25) is 0 Å². The average molecular weight is 476 g/mol. The first-order valence-corrected chi connectivity index (χ1v) is 12.7. The quantitative estimate of drug-likeness (QED) is 0.280. The lowest BCUT2D eigenvalue weighted by Crippen LogP contribution is -2.09. The minimum Gasteiger partial charge on any atom is -0.497 e. The summed E-state index contributed by atoms with van der Waals surface area (Å²) in [5.41, 5.74) is 2.36. The van der Waals surface area contributed by atoms with Gasteiger partial charge in [-0.1, -0.05) is 42.4 Å². The second-order valence-electron chi connectivity index (χ2n) is 7.99. The summed E-state index contributed by atoms with van der Waals surface area (Å²) in [5, 5.41) is 6.11. The number of thiazole rings is 1. The summed E-state index contributed by atoms with van der Waals surface area (Å²) >= 11 is 3.25. The number of para-hydroxylation sites is 1. The zero-order valence-electron chi connectivity index (χ0n) is 18.6. The predicted octanol–water partition coefficient (Wildman–Crippen LogP) is 7.81. The zero-order chi connectivity index (χ0) is 22.6. The number of methoxy groups -OCH3 is 1. The van der Waals surface area contributed by atoms with Crippen LogP contribution in [0.25, 0.3) is 0 Å². The molecule has 0 amide bonds. The minimum atomic E-state index is 0.625. The Morgan fingerprint density at radius 2 is 1.91 bits per heavy atom. The molecule has 5 rings (SSSR count). The van der Waals surface area contributed by atoms with E-state index < -0.39 is 0 Å². The van der Waals surface area contributed by atoms with Crippen molar-refractivity contribution in [3.63, 3.8) is 0 Å². The normalized spacial score (nSPS) is 13.4. The second kappa shape index (κ2) is 9.85. The maximum Gasteiger partial charge on any atom is 0.188 e. The van der Waals surface area contributed by atoms with Crippen LogP contribution in [0.15, 0.2) is 76.0 Å². The van der Waals surface area contributed by atoms with Crippen molar-refractivity contribution < 1.29 is 9.47 Å². The third kappa shape index (κ3) is 5.15. The van der Waals surface area contributed by atoms with E-state index in [1.807, 2.05) is 54.9 Å². The molecule has 4 aromatic rings. The molecule has 0 atom stereocenters. The number of ether oxygens (including phenoxy) is 2. The summed E-state index contributed by atoms with van der Waals surface area (Å²) in [6.45, 7) is 1.98. The van der Waals surface area contributed by atoms with Gasteiger partial charge in [0.05, 0.1) is 12.8 Å². The van der Waals surface area contributed by atoms with Gasteiger partial charge >= 0.3 is 0 Å². The van der Waals surface area contributed by atoms with Crippen molar-refractivity contribution in [2.45, 2.75) is 41.9 Å². The Bertz CT molecular complexity index is 1240. The van der Waals surface area contributed by atoms with E-state index >= 15 is 0 Å². The van der Waals surface area contributed by atoms with Crippen molar-refractivity contribution in [3.8, 4) is 17.2 Å². The summed E-state index contributed by atoms with van der Waals surface area (Å²) in [6, 6.07) is 18.2. The van der Waals surface area contributed by atoms with E-state index in [1.165, 1.54) is 29.7 Å². The van der Waals surface area contributed by atoms with Gasteiger partial charge < -0.3 is 14.8 Å². The summed E-state index contributed by atoms with van der Waals surface area (Å²) in [6.07, 6.45) is 5.68. The molecule has 5 nitrogen and oxygen atoms in total. The Morgan fingerprint density at radius 3 is 2.61 bits per heavy atom. The molecule has 0 saturated heterocycles. The highest BCUT2D eigenvalue weighted by Gasteiger charge is 2.23. The summed E-state index contributed by atoms with van der Waals surface area (Å²) in [7, 11) is 1.71. The molecule has 7 heteroatoms. The molecule has 33 heavy (non-hydrogen) atoms. The van der Waals surface area contributed by atoms with Gasteiger partial charge in [-0.25, -0.2) is 9.97 Å². The van der Waals surface area contributed by atoms with E-state index in [4.69, 9.17) is 14.5 Å². The smallest absolute Gasteiger partial charge is 0.188 e. The molecule has 2 aromatic heterocycles. The fraction of sp³-hybridized carbons (Fsp3) is 0.231. The van der Waals surface area contributed by atoms with Crippen LogP contribution < -0.4 is 14.8 Å². The zero-order valence-corrected chi connectivity index (χ0v) is 20.2. The Labute approximate surface area is 202 Å². The van der Waals surface area contributed by atoms with Gasteiger partial charge in [-0.05, 0) is 55.5 Å². The van der Waals surface area contributed by atoms with Gasteiger partial charge in [0.25, 0.3) is 0 Å². The molecule has 0 spiro atoms. The van der Waals surface area contributed by atoms with Crippen molar-refractivity contribution in [3.05, 3.63) is 77.4 Å². The number of hydrogen-bond donors (Lipinski definition) is 1. The molecule has 0 unspecified atom stereocenters. The molecule has 1 fully saturated rings. The van der Waals surface area contributed by atoms with E-state index in [0.29, 0.717) is 17.5 Å². The lowest BCUT2D eigenvalue weighted by molar-refractivity contribution is 0.404. The molecule has 0 radical (unpaired) electrons. The number of nitrogens with zero attached hydrogens (tertiary/aromatic N) is 2. The van der Waals surface area contributed by atoms with Crippen LogP contribution in [-0.4, -0.2) is 17.1 Å². The van der Waals surface area contributed by atoms with Crippen LogP contribution in [0, 0.1) is 6.92 Å². The molecule has 0 bridgehead atoms. The number of aromatic nitrogens is 2. The number of pyridine rings is 1. The Balaban J connectivity index is 1.47. The fourth-order valence-electron chi connectivity index (χ4n) is 3.70. The Hall–Kier alpha value is -3.03. The van der Waals surface area contributed by atoms with Gasteiger partial charge in [0.15, 0.2) is 16.7 Å². The van der Waals surface area contributed by atoms with Gasteiger partial charge in [-0.15, -0.1) is 11.3 Å². The molecule has 2 aromatic carbocycles. The third-order valence-corrected chi connectivity index (χ3v) is 7.54. The molecule has 2 heterocycles. The van der Waals surface area contributed by atoms with Crippen LogP contribution in [-0.2, 0) is 0 Å². The number of benzene rings is 2. The second-order valence-corrected chi connectivity index (χ2v) is 9.96. The van der Waals surface area contributed by atoms with Crippen molar-refractivity contribution >= 4 is 34.0 Å². The lowest BCUT2D eigenvalue weighted by Gasteiger charge is -2.28. The number of hydrogen-bond acceptors (Lipinski definition) is 7. The van der Waals surface area contributed by atoms with Crippen molar-refractivity contribution in [1.29, 1.82) is 0 Å². The van der Waals surface area contributed by atoms with Crippen LogP contribution >= 0.6 is 23.1 Å². The van der Waals surface area contributed by atoms with E-state index in [0.717, 1.165) is 27.2 Å². The highest BCUT2D eigenvalue weighted by atomic mass is 32.2. The minimum absolute atomic E-state index is 0.625. The number of nitrogens with one attached hydrogen (secondary N) is 1. The van der Waals surface area contributed by atoms with Gasteiger partial charge in [-0.2, -0.15) is 0 Å². The summed E-state index contributed by atoms with van der Waals surface area (Å²) in [4.78, 5) is 11.4. The lowest BCUT2D eigenvalue weighted by atomic mass is 9.80.